The van der Waals surface area contributed by atoms with Crippen molar-refractivity contribution < 1.29 is 5.11 Å². The van der Waals surface area contributed by atoms with Crippen LogP contribution in [0.5, 0.6) is 0 Å². The van der Waals surface area contributed by atoms with Crippen LogP contribution in [0, 0.1) is 5.41 Å². The van der Waals surface area contributed by atoms with Crippen molar-refractivity contribution >= 4 is 0 Å². The molecule has 0 saturated carbocycles. The Labute approximate surface area is 108 Å². The topological polar surface area (TPSA) is 32.3 Å². The lowest BCUT2D eigenvalue weighted by Crippen LogP contribution is -2.41. The van der Waals surface area contributed by atoms with Crippen molar-refractivity contribution in [3.05, 3.63) is 0 Å². The molecule has 0 aliphatic heterocycles. The molecule has 0 aromatic rings. The minimum atomic E-state index is 0.0954. The van der Waals surface area contributed by atoms with Crippen molar-refractivity contribution in [3.63, 3.8) is 0 Å². The second-order valence-electron chi connectivity index (χ2n) is 5.37. The van der Waals surface area contributed by atoms with E-state index in [1.165, 1.54) is 32.1 Å². The molecule has 17 heavy (non-hydrogen) atoms. The van der Waals surface area contributed by atoms with Gasteiger partial charge in [0.05, 0.1) is 0 Å². The fraction of sp³-hybridized carbons (Fsp3) is 1.00. The van der Waals surface area contributed by atoms with Crippen molar-refractivity contribution in [1.82, 2.24) is 5.32 Å². The monoisotopic (exact) mass is 243 g/mol. The molecule has 0 bridgehead atoms. The van der Waals surface area contributed by atoms with Crippen LogP contribution in [-0.2, 0) is 0 Å². The number of hydrogen-bond acceptors (Lipinski definition) is 2. The Balaban J connectivity index is 4.15. The Hall–Kier alpha value is -0.0800. The Bertz CT molecular complexity index is 158. The summed E-state index contributed by atoms with van der Waals surface area (Å²) in [6.07, 6.45) is 8.47. The standard InChI is InChI=1S/C15H33NO/c1-5-9-11-14(10-6-2)16-12-15(7-3,8-4)13-17/h14,16-17H,5-13H2,1-4H3. The van der Waals surface area contributed by atoms with Gasteiger partial charge in [0.15, 0.2) is 0 Å². The molecule has 2 heteroatoms. The van der Waals surface area contributed by atoms with E-state index in [4.69, 9.17) is 0 Å². The summed E-state index contributed by atoms with van der Waals surface area (Å²) < 4.78 is 0. The Morgan fingerprint density at radius 1 is 1.00 bits per heavy atom. The molecule has 0 aromatic carbocycles. The molecule has 0 aliphatic carbocycles. The van der Waals surface area contributed by atoms with Gasteiger partial charge in [0, 0.05) is 24.6 Å². The predicted octanol–water partition coefficient (Wildman–Crippen LogP) is 3.73. The second-order valence-corrected chi connectivity index (χ2v) is 5.37. The SMILES string of the molecule is CCCCC(CCC)NCC(CC)(CC)CO. The Morgan fingerprint density at radius 2 is 1.65 bits per heavy atom. The van der Waals surface area contributed by atoms with E-state index in [0.717, 1.165) is 19.4 Å². The van der Waals surface area contributed by atoms with E-state index < -0.39 is 0 Å². The molecule has 0 fully saturated rings. The largest absolute Gasteiger partial charge is 0.396 e. The van der Waals surface area contributed by atoms with Crippen molar-refractivity contribution in [2.45, 2.75) is 78.7 Å². The summed E-state index contributed by atoms with van der Waals surface area (Å²) in [6.45, 7) is 10.1. The third-order valence-electron chi connectivity index (χ3n) is 4.14. The minimum Gasteiger partial charge on any atom is -0.396 e. The van der Waals surface area contributed by atoms with Crippen LogP contribution in [0.25, 0.3) is 0 Å². The summed E-state index contributed by atoms with van der Waals surface area (Å²) in [5.41, 5.74) is 0.0954. The van der Waals surface area contributed by atoms with Crippen molar-refractivity contribution in [2.75, 3.05) is 13.2 Å². The molecule has 2 N–H and O–H groups in total. The number of unbranched alkanes of at least 4 members (excludes halogenated alkanes) is 1. The molecule has 0 aromatic heterocycles. The first-order chi connectivity index (χ1) is 8.17. The number of rotatable bonds is 11. The van der Waals surface area contributed by atoms with Crippen LogP contribution in [0.3, 0.4) is 0 Å². The molecule has 1 unspecified atom stereocenters. The maximum absolute atomic E-state index is 9.56. The van der Waals surface area contributed by atoms with Gasteiger partial charge >= 0.3 is 0 Å². The molecular formula is C15H33NO. The minimum absolute atomic E-state index is 0.0954. The van der Waals surface area contributed by atoms with E-state index in [9.17, 15) is 5.11 Å². The number of hydrogen-bond donors (Lipinski definition) is 2. The number of aliphatic hydroxyl groups excluding tert-OH is 1. The van der Waals surface area contributed by atoms with Gasteiger partial charge in [-0.05, 0) is 25.7 Å². The second kappa shape index (κ2) is 9.90. The van der Waals surface area contributed by atoms with Gasteiger partial charge in [0.2, 0.25) is 0 Å². The highest BCUT2D eigenvalue weighted by Crippen LogP contribution is 2.25. The van der Waals surface area contributed by atoms with Gasteiger partial charge in [-0.2, -0.15) is 0 Å². The summed E-state index contributed by atoms with van der Waals surface area (Å²) in [5, 5.41) is 13.2. The Kier molecular flexibility index (Phi) is 9.85. The van der Waals surface area contributed by atoms with Gasteiger partial charge < -0.3 is 10.4 Å². The normalized spacial score (nSPS) is 13.9. The van der Waals surface area contributed by atoms with E-state index in [-0.39, 0.29) is 5.41 Å². The third kappa shape index (κ3) is 6.42. The van der Waals surface area contributed by atoms with Crippen LogP contribution in [0.15, 0.2) is 0 Å². The summed E-state index contributed by atoms with van der Waals surface area (Å²) in [5.74, 6) is 0. The van der Waals surface area contributed by atoms with Crippen molar-refractivity contribution in [3.8, 4) is 0 Å². The highest BCUT2D eigenvalue weighted by Gasteiger charge is 2.25. The fourth-order valence-corrected chi connectivity index (χ4v) is 2.29. The zero-order valence-corrected chi connectivity index (χ0v) is 12.4. The zero-order chi connectivity index (χ0) is 13.1. The van der Waals surface area contributed by atoms with Gasteiger partial charge in [0.1, 0.15) is 0 Å². The van der Waals surface area contributed by atoms with Crippen molar-refractivity contribution in [1.29, 1.82) is 0 Å². The molecule has 104 valence electrons. The molecule has 0 spiro atoms. The van der Waals surface area contributed by atoms with Crippen LogP contribution in [0.2, 0.25) is 0 Å². The molecule has 0 aliphatic rings. The molecule has 0 rings (SSSR count). The van der Waals surface area contributed by atoms with E-state index in [1.54, 1.807) is 0 Å². The molecule has 0 heterocycles. The van der Waals surface area contributed by atoms with Crippen LogP contribution < -0.4 is 5.32 Å². The lowest BCUT2D eigenvalue weighted by molar-refractivity contribution is 0.108. The van der Waals surface area contributed by atoms with Crippen LogP contribution >= 0.6 is 0 Å². The maximum Gasteiger partial charge on any atom is 0.0499 e. The van der Waals surface area contributed by atoms with E-state index in [2.05, 4.69) is 33.0 Å². The maximum atomic E-state index is 9.56. The highest BCUT2D eigenvalue weighted by molar-refractivity contribution is 4.80. The summed E-state index contributed by atoms with van der Waals surface area (Å²) in [6, 6.07) is 0.643. The molecule has 1 atom stereocenters. The quantitative estimate of drug-likeness (QED) is 0.579. The smallest absolute Gasteiger partial charge is 0.0499 e. The Morgan fingerprint density at radius 3 is 2.06 bits per heavy atom. The van der Waals surface area contributed by atoms with Gasteiger partial charge in [0.25, 0.3) is 0 Å². The molecule has 0 amide bonds. The lowest BCUT2D eigenvalue weighted by Gasteiger charge is -2.32. The highest BCUT2D eigenvalue weighted by atomic mass is 16.3. The molecule has 0 saturated heterocycles. The average molecular weight is 243 g/mol. The van der Waals surface area contributed by atoms with Crippen LogP contribution in [0.1, 0.15) is 72.6 Å². The van der Waals surface area contributed by atoms with Gasteiger partial charge in [-0.15, -0.1) is 0 Å². The van der Waals surface area contributed by atoms with E-state index in [0.29, 0.717) is 12.6 Å². The van der Waals surface area contributed by atoms with Crippen LogP contribution in [0.4, 0.5) is 0 Å². The third-order valence-corrected chi connectivity index (χ3v) is 4.14. The summed E-state index contributed by atoms with van der Waals surface area (Å²) in [4.78, 5) is 0. The van der Waals surface area contributed by atoms with Crippen molar-refractivity contribution in [2.24, 2.45) is 5.41 Å². The predicted molar refractivity (Wildman–Crippen MR) is 76.3 cm³/mol. The first-order valence-corrected chi connectivity index (χ1v) is 7.52. The van der Waals surface area contributed by atoms with Gasteiger partial charge in [-0.25, -0.2) is 0 Å². The van der Waals surface area contributed by atoms with Crippen LogP contribution in [-0.4, -0.2) is 24.3 Å². The molecule has 0 radical (unpaired) electrons. The van der Waals surface area contributed by atoms with E-state index >= 15 is 0 Å². The van der Waals surface area contributed by atoms with Gasteiger partial charge in [-0.3, -0.25) is 0 Å². The summed E-state index contributed by atoms with van der Waals surface area (Å²) >= 11 is 0. The number of aliphatic hydroxyl groups is 1. The first-order valence-electron chi connectivity index (χ1n) is 7.52. The summed E-state index contributed by atoms with van der Waals surface area (Å²) in [7, 11) is 0. The molecule has 2 nitrogen and oxygen atoms in total. The lowest BCUT2D eigenvalue weighted by atomic mass is 9.83. The van der Waals surface area contributed by atoms with Gasteiger partial charge in [-0.1, -0.05) is 47.0 Å². The van der Waals surface area contributed by atoms with E-state index in [1.807, 2.05) is 0 Å². The average Bonchev–Trinajstić information content (AvgIpc) is 2.38. The number of nitrogens with one attached hydrogen (secondary N) is 1. The molecular weight excluding hydrogens is 210 g/mol. The first kappa shape index (κ1) is 16.9. The zero-order valence-electron chi connectivity index (χ0n) is 12.4. The fourth-order valence-electron chi connectivity index (χ4n) is 2.29.